The molecule has 1 nitrogen and oxygen atoms in total. The molecule has 1 N–H and O–H groups in total. The molecule has 0 heterocycles. The van der Waals surface area contributed by atoms with Gasteiger partial charge < -0.3 is 5.11 Å². The molecular formula is C10H16O. The van der Waals surface area contributed by atoms with Crippen LogP contribution in [0.1, 0.15) is 25.8 Å². The highest BCUT2D eigenvalue weighted by Gasteiger charge is 1.82. The fourth-order valence-electron chi connectivity index (χ4n) is 0.545. The van der Waals surface area contributed by atoms with Gasteiger partial charge in [-0.2, -0.15) is 0 Å². The van der Waals surface area contributed by atoms with Crippen LogP contribution in [0.4, 0.5) is 0 Å². The van der Waals surface area contributed by atoms with E-state index in [9.17, 15) is 0 Å². The molecule has 0 aliphatic heterocycles. The van der Waals surface area contributed by atoms with E-state index in [1.807, 2.05) is 19.1 Å². The fourth-order valence-corrected chi connectivity index (χ4v) is 0.545. The average molecular weight is 152 g/mol. The molecule has 0 bridgehead atoms. The van der Waals surface area contributed by atoms with Crippen molar-refractivity contribution in [2.75, 3.05) is 0 Å². The van der Waals surface area contributed by atoms with Gasteiger partial charge in [0.05, 0.1) is 0 Å². The third kappa shape index (κ3) is 5.46. The summed E-state index contributed by atoms with van der Waals surface area (Å²) in [6.07, 6.45) is 1.25. The first-order chi connectivity index (χ1) is 5.20. The van der Waals surface area contributed by atoms with E-state index < -0.39 is 0 Å². The minimum atomic E-state index is 0.329. The van der Waals surface area contributed by atoms with Crippen LogP contribution in [0.15, 0.2) is 24.3 Å². The highest BCUT2D eigenvalue weighted by atomic mass is 16.3. The Labute approximate surface area is 68.7 Å². The highest BCUT2D eigenvalue weighted by molar-refractivity contribution is 5.24. The molecule has 1 aromatic rings. The molecule has 0 fully saturated rings. The largest absolute Gasteiger partial charge is 0.508 e. The topological polar surface area (TPSA) is 20.2 Å². The van der Waals surface area contributed by atoms with Crippen LogP contribution < -0.4 is 0 Å². The van der Waals surface area contributed by atoms with Gasteiger partial charge in [-0.15, -0.1) is 0 Å². The maximum Gasteiger partial charge on any atom is 0.115 e. The van der Waals surface area contributed by atoms with Crippen molar-refractivity contribution in [1.29, 1.82) is 0 Å². The Kier molecular flexibility index (Phi) is 5.26. The third-order valence-electron chi connectivity index (χ3n) is 1.03. The molecule has 62 valence electrons. The molecule has 0 aromatic heterocycles. The van der Waals surface area contributed by atoms with Gasteiger partial charge in [0, 0.05) is 0 Å². The summed E-state index contributed by atoms with van der Waals surface area (Å²) < 4.78 is 0. The van der Waals surface area contributed by atoms with Crippen LogP contribution in [0.2, 0.25) is 0 Å². The molecule has 1 aromatic carbocycles. The first-order valence-corrected chi connectivity index (χ1v) is 3.96. The molecule has 0 saturated carbocycles. The predicted molar refractivity (Wildman–Crippen MR) is 48.8 cm³/mol. The Morgan fingerprint density at radius 2 is 1.45 bits per heavy atom. The SMILES string of the molecule is CCC.Cc1ccc(O)cc1. The van der Waals surface area contributed by atoms with E-state index in [2.05, 4.69) is 13.8 Å². The van der Waals surface area contributed by atoms with E-state index in [0.29, 0.717) is 5.75 Å². The lowest BCUT2D eigenvalue weighted by atomic mass is 10.2. The average Bonchev–Trinajstić information content (AvgIpc) is 1.97. The lowest BCUT2D eigenvalue weighted by molar-refractivity contribution is 0.475. The fraction of sp³-hybridized carbons (Fsp3) is 0.400. The summed E-state index contributed by atoms with van der Waals surface area (Å²) in [5, 5.41) is 8.76. The van der Waals surface area contributed by atoms with Crippen LogP contribution in [-0.2, 0) is 0 Å². The van der Waals surface area contributed by atoms with E-state index in [1.165, 1.54) is 12.0 Å². The van der Waals surface area contributed by atoms with Crippen molar-refractivity contribution in [3.8, 4) is 5.75 Å². The number of benzene rings is 1. The Hall–Kier alpha value is -0.980. The van der Waals surface area contributed by atoms with Crippen LogP contribution in [0, 0.1) is 6.92 Å². The van der Waals surface area contributed by atoms with Crippen molar-refractivity contribution in [2.45, 2.75) is 27.2 Å². The van der Waals surface area contributed by atoms with E-state index in [1.54, 1.807) is 12.1 Å². The zero-order chi connectivity index (χ0) is 8.69. The lowest BCUT2D eigenvalue weighted by Gasteiger charge is -1.89. The van der Waals surface area contributed by atoms with Crippen molar-refractivity contribution < 1.29 is 5.11 Å². The molecule has 0 unspecified atom stereocenters. The van der Waals surface area contributed by atoms with Gasteiger partial charge in [-0.05, 0) is 19.1 Å². The molecule has 0 saturated heterocycles. The second kappa shape index (κ2) is 5.78. The summed E-state index contributed by atoms with van der Waals surface area (Å²) in [4.78, 5) is 0. The Balaban J connectivity index is 0.000000292. The predicted octanol–water partition coefficient (Wildman–Crippen LogP) is 3.12. The normalized spacial score (nSPS) is 8.27. The smallest absolute Gasteiger partial charge is 0.115 e. The quantitative estimate of drug-likeness (QED) is 0.605. The number of hydrogen-bond acceptors (Lipinski definition) is 1. The van der Waals surface area contributed by atoms with Gasteiger partial charge in [-0.1, -0.05) is 38.0 Å². The standard InChI is InChI=1S/C7H8O.C3H8/c1-6-2-4-7(8)5-3-6;1-3-2/h2-5,8H,1H3;3H2,1-2H3. The van der Waals surface area contributed by atoms with Crippen molar-refractivity contribution >= 4 is 0 Å². The number of aromatic hydroxyl groups is 1. The van der Waals surface area contributed by atoms with Gasteiger partial charge in [0.25, 0.3) is 0 Å². The van der Waals surface area contributed by atoms with E-state index in [0.717, 1.165) is 0 Å². The van der Waals surface area contributed by atoms with Crippen molar-refractivity contribution in [3.05, 3.63) is 29.8 Å². The molecule has 0 aliphatic carbocycles. The minimum absolute atomic E-state index is 0.329. The Morgan fingerprint density at radius 1 is 1.09 bits per heavy atom. The lowest BCUT2D eigenvalue weighted by Crippen LogP contribution is -1.66. The van der Waals surface area contributed by atoms with Gasteiger partial charge in [0.2, 0.25) is 0 Å². The number of phenols is 1. The van der Waals surface area contributed by atoms with Crippen LogP contribution in [-0.4, -0.2) is 5.11 Å². The number of rotatable bonds is 0. The summed E-state index contributed by atoms with van der Waals surface area (Å²) in [6.45, 7) is 6.24. The monoisotopic (exact) mass is 152 g/mol. The second-order valence-electron chi connectivity index (χ2n) is 2.54. The van der Waals surface area contributed by atoms with Crippen molar-refractivity contribution in [2.24, 2.45) is 0 Å². The maximum absolute atomic E-state index is 8.76. The molecule has 0 amide bonds. The summed E-state index contributed by atoms with van der Waals surface area (Å²) in [5.74, 6) is 0.329. The van der Waals surface area contributed by atoms with Crippen LogP contribution in [0.5, 0.6) is 5.75 Å². The van der Waals surface area contributed by atoms with Crippen molar-refractivity contribution in [1.82, 2.24) is 0 Å². The highest BCUT2D eigenvalue weighted by Crippen LogP contribution is 2.07. The second-order valence-corrected chi connectivity index (χ2v) is 2.54. The van der Waals surface area contributed by atoms with Crippen LogP contribution >= 0.6 is 0 Å². The summed E-state index contributed by atoms with van der Waals surface area (Å²) in [5.41, 5.74) is 1.17. The molecule has 0 atom stereocenters. The number of hydrogen-bond donors (Lipinski definition) is 1. The molecule has 1 heteroatoms. The first kappa shape index (κ1) is 10.0. The Bertz CT molecular complexity index is 156. The molecule has 0 spiro atoms. The minimum Gasteiger partial charge on any atom is -0.508 e. The van der Waals surface area contributed by atoms with Gasteiger partial charge >= 0.3 is 0 Å². The summed E-state index contributed by atoms with van der Waals surface area (Å²) in [6, 6.07) is 7.09. The zero-order valence-electron chi connectivity index (χ0n) is 7.46. The van der Waals surface area contributed by atoms with Gasteiger partial charge in [-0.25, -0.2) is 0 Å². The molecule has 0 aliphatic rings. The third-order valence-corrected chi connectivity index (χ3v) is 1.03. The maximum atomic E-state index is 8.76. The van der Waals surface area contributed by atoms with Crippen LogP contribution in [0.25, 0.3) is 0 Å². The molecule has 0 radical (unpaired) electrons. The number of aryl methyl sites for hydroxylation is 1. The van der Waals surface area contributed by atoms with Gasteiger partial charge in [0.1, 0.15) is 5.75 Å². The van der Waals surface area contributed by atoms with Gasteiger partial charge in [-0.3, -0.25) is 0 Å². The number of phenolic OH excluding ortho intramolecular Hbond substituents is 1. The van der Waals surface area contributed by atoms with Crippen LogP contribution in [0.3, 0.4) is 0 Å². The zero-order valence-corrected chi connectivity index (χ0v) is 7.46. The van der Waals surface area contributed by atoms with E-state index in [-0.39, 0.29) is 0 Å². The Morgan fingerprint density at radius 3 is 1.73 bits per heavy atom. The summed E-state index contributed by atoms with van der Waals surface area (Å²) >= 11 is 0. The van der Waals surface area contributed by atoms with E-state index >= 15 is 0 Å². The van der Waals surface area contributed by atoms with E-state index in [4.69, 9.17) is 5.11 Å². The summed E-state index contributed by atoms with van der Waals surface area (Å²) in [7, 11) is 0. The molecule has 11 heavy (non-hydrogen) atoms. The first-order valence-electron chi connectivity index (χ1n) is 3.96. The van der Waals surface area contributed by atoms with Crippen molar-refractivity contribution in [3.63, 3.8) is 0 Å². The molecular weight excluding hydrogens is 136 g/mol. The van der Waals surface area contributed by atoms with Gasteiger partial charge in [0.15, 0.2) is 0 Å². The molecule has 1 rings (SSSR count).